The Hall–Kier alpha value is -1.73. The van der Waals surface area contributed by atoms with Crippen LogP contribution in [0.2, 0.25) is 0 Å². The summed E-state index contributed by atoms with van der Waals surface area (Å²) in [7, 11) is 0. The van der Waals surface area contributed by atoms with Crippen LogP contribution in [0.1, 0.15) is 11.6 Å². The molecule has 0 bridgehead atoms. The first-order valence-electron chi connectivity index (χ1n) is 5.84. The van der Waals surface area contributed by atoms with Crippen molar-refractivity contribution in [1.82, 2.24) is 15.2 Å². The lowest BCUT2D eigenvalue weighted by atomic mass is 10.2. The SMILES string of the molecule is Cc1csc(SCc2nnc(-c3ccc(F)cc3)o2)n1. The van der Waals surface area contributed by atoms with Gasteiger partial charge in [-0.1, -0.05) is 11.8 Å². The minimum absolute atomic E-state index is 0.289. The van der Waals surface area contributed by atoms with E-state index >= 15 is 0 Å². The maximum Gasteiger partial charge on any atom is 0.247 e. The molecule has 0 fully saturated rings. The number of thioether (sulfide) groups is 1. The van der Waals surface area contributed by atoms with Gasteiger partial charge in [0.2, 0.25) is 11.8 Å². The van der Waals surface area contributed by atoms with Crippen LogP contribution in [0.15, 0.2) is 38.4 Å². The van der Waals surface area contributed by atoms with Crippen molar-refractivity contribution in [2.75, 3.05) is 0 Å². The summed E-state index contributed by atoms with van der Waals surface area (Å²) < 4.78 is 19.4. The van der Waals surface area contributed by atoms with Gasteiger partial charge in [0.1, 0.15) is 5.82 Å². The minimum Gasteiger partial charge on any atom is -0.420 e. The number of hydrogen-bond donors (Lipinski definition) is 0. The first-order chi connectivity index (χ1) is 9.70. The van der Waals surface area contributed by atoms with Gasteiger partial charge in [0.05, 0.1) is 5.75 Å². The van der Waals surface area contributed by atoms with E-state index in [0.717, 1.165) is 10.0 Å². The van der Waals surface area contributed by atoms with Gasteiger partial charge in [0.25, 0.3) is 0 Å². The first kappa shape index (κ1) is 13.3. The molecule has 0 saturated carbocycles. The number of benzene rings is 1. The second kappa shape index (κ2) is 5.72. The summed E-state index contributed by atoms with van der Waals surface area (Å²) in [5.74, 6) is 1.21. The molecule has 3 aromatic rings. The number of thiazole rings is 1. The molecule has 2 aromatic heterocycles. The van der Waals surface area contributed by atoms with E-state index in [1.165, 1.54) is 12.1 Å². The molecule has 7 heteroatoms. The van der Waals surface area contributed by atoms with Gasteiger partial charge in [-0.25, -0.2) is 9.37 Å². The predicted molar refractivity (Wildman–Crippen MR) is 76.1 cm³/mol. The van der Waals surface area contributed by atoms with Crippen molar-refractivity contribution in [3.05, 3.63) is 47.0 Å². The van der Waals surface area contributed by atoms with Crippen LogP contribution in [0.5, 0.6) is 0 Å². The highest BCUT2D eigenvalue weighted by Gasteiger charge is 2.10. The van der Waals surface area contributed by atoms with E-state index in [2.05, 4.69) is 15.2 Å². The Morgan fingerprint density at radius 1 is 1.25 bits per heavy atom. The van der Waals surface area contributed by atoms with E-state index in [-0.39, 0.29) is 5.82 Å². The van der Waals surface area contributed by atoms with E-state index < -0.39 is 0 Å². The number of rotatable bonds is 4. The summed E-state index contributed by atoms with van der Waals surface area (Å²) in [6.45, 7) is 1.96. The fourth-order valence-corrected chi connectivity index (χ4v) is 3.23. The van der Waals surface area contributed by atoms with Crippen LogP contribution in [-0.4, -0.2) is 15.2 Å². The smallest absolute Gasteiger partial charge is 0.247 e. The van der Waals surface area contributed by atoms with Gasteiger partial charge in [-0.05, 0) is 31.2 Å². The molecule has 0 atom stereocenters. The van der Waals surface area contributed by atoms with E-state index in [1.54, 1.807) is 35.2 Å². The number of halogens is 1. The van der Waals surface area contributed by atoms with E-state index in [0.29, 0.717) is 23.1 Å². The monoisotopic (exact) mass is 307 g/mol. The Morgan fingerprint density at radius 3 is 2.75 bits per heavy atom. The maximum absolute atomic E-state index is 12.8. The zero-order valence-electron chi connectivity index (χ0n) is 10.5. The lowest BCUT2D eigenvalue weighted by molar-refractivity contribution is 0.528. The predicted octanol–water partition coefficient (Wildman–Crippen LogP) is 3.93. The molecule has 0 N–H and O–H groups in total. The van der Waals surface area contributed by atoms with Gasteiger partial charge < -0.3 is 4.42 Å². The van der Waals surface area contributed by atoms with Gasteiger partial charge in [-0.3, -0.25) is 0 Å². The third kappa shape index (κ3) is 3.05. The lowest BCUT2D eigenvalue weighted by Gasteiger charge is -1.94. The number of nitrogens with zero attached hydrogens (tertiary/aromatic N) is 3. The van der Waals surface area contributed by atoms with Crippen molar-refractivity contribution in [2.45, 2.75) is 17.0 Å². The van der Waals surface area contributed by atoms with Gasteiger partial charge in [0, 0.05) is 16.6 Å². The Kier molecular flexibility index (Phi) is 3.79. The molecule has 0 aliphatic rings. The van der Waals surface area contributed by atoms with Gasteiger partial charge in [0.15, 0.2) is 4.34 Å². The van der Waals surface area contributed by atoms with Crippen LogP contribution >= 0.6 is 23.1 Å². The summed E-state index contributed by atoms with van der Waals surface area (Å²) in [6.07, 6.45) is 0. The largest absolute Gasteiger partial charge is 0.420 e. The zero-order chi connectivity index (χ0) is 13.9. The minimum atomic E-state index is -0.289. The summed E-state index contributed by atoms with van der Waals surface area (Å²) in [5, 5.41) is 9.95. The molecule has 0 spiro atoms. The molecule has 0 unspecified atom stereocenters. The average molecular weight is 307 g/mol. The van der Waals surface area contributed by atoms with Crippen molar-refractivity contribution in [1.29, 1.82) is 0 Å². The highest BCUT2D eigenvalue weighted by atomic mass is 32.2. The summed E-state index contributed by atoms with van der Waals surface area (Å²) in [6, 6.07) is 5.96. The third-order valence-corrected chi connectivity index (χ3v) is 4.60. The van der Waals surface area contributed by atoms with Crippen molar-refractivity contribution in [3.8, 4) is 11.5 Å². The van der Waals surface area contributed by atoms with E-state index in [1.807, 2.05) is 12.3 Å². The van der Waals surface area contributed by atoms with Crippen LogP contribution < -0.4 is 0 Å². The molecule has 20 heavy (non-hydrogen) atoms. The second-order valence-corrected chi connectivity index (χ2v) is 6.13. The molecule has 4 nitrogen and oxygen atoms in total. The summed E-state index contributed by atoms with van der Waals surface area (Å²) in [4.78, 5) is 4.35. The fourth-order valence-electron chi connectivity index (χ4n) is 1.54. The topological polar surface area (TPSA) is 51.8 Å². The maximum atomic E-state index is 12.8. The Balaban J connectivity index is 1.69. The molecular weight excluding hydrogens is 297 g/mol. The average Bonchev–Trinajstić information content (AvgIpc) is 3.06. The normalized spacial score (nSPS) is 10.9. The summed E-state index contributed by atoms with van der Waals surface area (Å²) >= 11 is 3.15. The second-order valence-electron chi connectivity index (χ2n) is 4.05. The Bertz CT molecular complexity index is 708. The van der Waals surface area contributed by atoms with Crippen molar-refractivity contribution >= 4 is 23.1 Å². The van der Waals surface area contributed by atoms with Crippen LogP contribution in [0.25, 0.3) is 11.5 Å². The molecule has 2 heterocycles. The highest BCUT2D eigenvalue weighted by molar-refractivity contribution is 8.00. The Morgan fingerprint density at radius 2 is 2.05 bits per heavy atom. The molecule has 3 rings (SSSR count). The molecule has 0 radical (unpaired) electrons. The molecule has 102 valence electrons. The molecule has 0 saturated heterocycles. The standard InChI is InChI=1S/C13H10FN3OS2/c1-8-6-19-13(15-8)20-7-11-16-17-12(18-11)9-2-4-10(14)5-3-9/h2-6H,7H2,1H3. The molecular formula is C13H10FN3OS2. The van der Waals surface area contributed by atoms with Gasteiger partial charge in [-0.2, -0.15) is 0 Å². The quantitative estimate of drug-likeness (QED) is 0.683. The van der Waals surface area contributed by atoms with Crippen molar-refractivity contribution < 1.29 is 8.81 Å². The van der Waals surface area contributed by atoms with Gasteiger partial charge in [-0.15, -0.1) is 21.5 Å². The molecule has 1 aromatic carbocycles. The number of aryl methyl sites for hydroxylation is 1. The highest BCUT2D eigenvalue weighted by Crippen LogP contribution is 2.26. The fraction of sp³-hybridized carbons (Fsp3) is 0.154. The molecule has 0 amide bonds. The van der Waals surface area contributed by atoms with Crippen molar-refractivity contribution in [3.63, 3.8) is 0 Å². The third-order valence-electron chi connectivity index (χ3n) is 2.48. The zero-order valence-corrected chi connectivity index (χ0v) is 12.2. The number of hydrogen-bond acceptors (Lipinski definition) is 6. The van der Waals surface area contributed by atoms with E-state index in [4.69, 9.17) is 4.42 Å². The summed E-state index contributed by atoms with van der Waals surface area (Å²) in [5.41, 5.74) is 1.72. The van der Waals surface area contributed by atoms with E-state index in [9.17, 15) is 4.39 Å². The molecule has 0 aliphatic carbocycles. The van der Waals surface area contributed by atoms with Crippen LogP contribution in [-0.2, 0) is 5.75 Å². The van der Waals surface area contributed by atoms with Crippen LogP contribution in [0.4, 0.5) is 4.39 Å². The van der Waals surface area contributed by atoms with Gasteiger partial charge >= 0.3 is 0 Å². The van der Waals surface area contributed by atoms with Crippen LogP contribution in [0.3, 0.4) is 0 Å². The van der Waals surface area contributed by atoms with Crippen molar-refractivity contribution in [2.24, 2.45) is 0 Å². The lowest BCUT2D eigenvalue weighted by Crippen LogP contribution is -1.80. The molecule has 0 aliphatic heterocycles. The Labute approximate surface area is 123 Å². The van der Waals surface area contributed by atoms with Crippen LogP contribution in [0, 0.1) is 12.7 Å². The first-order valence-corrected chi connectivity index (χ1v) is 7.70. The number of aromatic nitrogens is 3.